The highest BCUT2D eigenvalue weighted by molar-refractivity contribution is 6.04. The minimum atomic E-state index is -4.37. The first-order valence-electron chi connectivity index (χ1n) is 10.6. The van der Waals surface area contributed by atoms with Gasteiger partial charge in [0.1, 0.15) is 0 Å². The Bertz CT molecular complexity index is 1040. The van der Waals surface area contributed by atoms with Crippen molar-refractivity contribution in [3.63, 3.8) is 0 Å². The maximum Gasteiger partial charge on any atom is 0.416 e. The van der Waals surface area contributed by atoms with Gasteiger partial charge in [-0.2, -0.15) is 13.2 Å². The summed E-state index contributed by atoms with van der Waals surface area (Å²) in [5, 5.41) is 0. The molecular weight excluding hydrogens is 417 g/mol. The van der Waals surface area contributed by atoms with Crippen LogP contribution in [0.25, 0.3) is 0 Å². The highest BCUT2D eigenvalue weighted by atomic mass is 19.4. The molecule has 0 N–H and O–H groups in total. The van der Waals surface area contributed by atoms with Gasteiger partial charge in [-0.15, -0.1) is 0 Å². The summed E-state index contributed by atoms with van der Waals surface area (Å²) in [6, 6.07) is 16.7. The molecule has 32 heavy (non-hydrogen) atoms. The van der Waals surface area contributed by atoms with Crippen molar-refractivity contribution in [2.45, 2.75) is 38.5 Å². The van der Waals surface area contributed by atoms with Gasteiger partial charge >= 0.3 is 6.18 Å². The van der Waals surface area contributed by atoms with Crippen molar-refractivity contribution >= 4 is 11.6 Å². The molecule has 4 nitrogen and oxygen atoms in total. The monoisotopic (exact) mass is 442 g/mol. The zero-order valence-electron chi connectivity index (χ0n) is 17.8. The van der Waals surface area contributed by atoms with E-state index in [2.05, 4.69) is 0 Å². The summed E-state index contributed by atoms with van der Waals surface area (Å²) in [7, 11) is 0. The van der Waals surface area contributed by atoms with E-state index in [9.17, 15) is 18.0 Å². The second-order valence-electron chi connectivity index (χ2n) is 8.15. The number of furan rings is 1. The molecule has 1 aliphatic heterocycles. The van der Waals surface area contributed by atoms with Crippen molar-refractivity contribution in [2.75, 3.05) is 18.0 Å². The van der Waals surface area contributed by atoms with E-state index < -0.39 is 11.7 Å². The van der Waals surface area contributed by atoms with Crippen LogP contribution in [-0.2, 0) is 12.7 Å². The molecular formula is C25H25F3N2O2. The number of amides is 1. The Morgan fingerprint density at radius 1 is 1.03 bits per heavy atom. The number of anilines is 1. The number of aryl methyl sites for hydroxylation is 1. The fourth-order valence-electron chi connectivity index (χ4n) is 4.23. The van der Waals surface area contributed by atoms with Gasteiger partial charge < -0.3 is 9.32 Å². The number of piperidine rings is 1. The van der Waals surface area contributed by atoms with E-state index in [4.69, 9.17) is 4.42 Å². The zero-order chi connectivity index (χ0) is 22.7. The molecule has 1 saturated heterocycles. The predicted molar refractivity (Wildman–Crippen MR) is 116 cm³/mol. The van der Waals surface area contributed by atoms with E-state index in [-0.39, 0.29) is 29.8 Å². The Kier molecular flexibility index (Phi) is 6.37. The lowest BCUT2D eigenvalue weighted by molar-refractivity contribution is -0.138. The van der Waals surface area contributed by atoms with E-state index in [0.29, 0.717) is 25.9 Å². The Morgan fingerprint density at radius 3 is 2.34 bits per heavy atom. The number of alkyl halides is 3. The second-order valence-corrected chi connectivity index (χ2v) is 8.15. The van der Waals surface area contributed by atoms with Gasteiger partial charge in [0, 0.05) is 31.4 Å². The van der Waals surface area contributed by atoms with Crippen molar-refractivity contribution < 1.29 is 22.4 Å². The third-order valence-electron chi connectivity index (χ3n) is 5.90. The van der Waals surface area contributed by atoms with Crippen molar-refractivity contribution in [2.24, 2.45) is 0 Å². The van der Waals surface area contributed by atoms with Crippen LogP contribution in [0.2, 0.25) is 0 Å². The lowest BCUT2D eigenvalue weighted by atomic mass is 9.99. The number of carbonyl (C=O) groups is 1. The van der Waals surface area contributed by atoms with E-state index in [0.717, 1.165) is 17.3 Å². The molecule has 2 aromatic carbocycles. The number of carbonyl (C=O) groups excluding carboxylic acids is 1. The molecule has 2 heterocycles. The fraction of sp³-hybridized carbons (Fsp3) is 0.320. The van der Waals surface area contributed by atoms with E-state index in [1.165, 1.54) is 18.4 Å². The highest BCUT2D eigenvalue weighted by Crippen LogP contribution is 2.33. The molecule has 0 radical (unpaired) electrons. The predicted octanol–water partition coefficient (Wildman–Crippen LogP) is 5.92. The summed E-state index contributed by atoms with van der Waals surface area (Å²) in [6.07, 6.45) is -1.57. The third kappa shape index (κ3) is 4.88. The minimum absolute atomic E-state index is 0.0654. The van der Waals surface area contributed by atoms with E-state index >= 15 is 0 Å². The van der Waals surface area contributed by atoms with Gasteiger partial charge in [0.15, 0.2) is 5.76 Å². The molecule has 7 heteroatoms. The van der Waals surface area contributed by atoms with Crippen LogP contribution in [0, 0.1) is 6.92 Å². The molecule has 0 unspecified atom stereocenters. The Balaban J connectivity index is 1.50. The molecule has 0 atom stereocenters. The normalized spacial score (nSPS) is 15.6. The lowest BCUT2D eigenvalue weighted by Crippen LogP contribution is -2.47. The summed E-state index contributed by atoms with van der Waals surface area (Å²) in [5.74, 6) is 0.0619. The summed E-state index contributed by atoms with van der Waals surface area (Å²) < 4.78 is 45.4. The van der Waals surface area contributed by atoms with Gasteiger partial charge in [-0.3, -0.25) is 9.69 Å². The van der Waals surface area contributed by atoms with Crippen molar-refractivity contribution in [1.29, 1.82) is 0 Å². The number of hydrogen-bond donors (Lipinski definition) is 0. The molecule has 0 aliphatic carbocycles. The van der Waals surface area contributed by atoms with Crippen LogP contribution < -0.4 is 4.90 Å². The number of hydrogen-bond acceptors (Lipinski definition) is 3. The quantitative estimate of drug-likeness (QED) is 0.492. The van der Waals surface area contributed by atoms with Crippen LogP contribution in [0.15, 0.2) is 71.3 Å². The topological polar surface area (TPSA) is 36.7 Å². The molecule has 0 spiro atoms. The van der Waals surface area contributed by atoms with E-state index in [1.807, 2.05) is 36.1 Å². The van der Waals surface area contributed by atoms with Crippen LogP contribution in [0.3, 0.4) is 0 Å². The third-order valence-corrected chi connectivity index (χ3v) is 5.90. The van der Waals surface area contributed by atoms with Crippen LogP contribution in [-0.4, -0.2) is 29.9 Å². The van der Waals surface area contributed by atoms with Gasteiger partial charge in [-0.25, -0.2) is 0 Å². The van der Waals surface area contributed by atoms with E-state index in [1.54, 1.807) is 23.1 Å². The average Bonchev–Trinajstić information content (AvgIpc) is 3.31. The Hall–Kier alpha value is -3.06. The Labute approximate surface area is 185 Å². The van der Waals surface area contributed by atoms with Gasteiger partial charge in [-0.1, -0.05) is 35.9 Å². The van der Waals surface area contributed by atoms with Gasteiger partial charge in [0.05, 0.1) is 11.8 Å². The molecule has 1 aromatic heterocycles. The van der Waals surface area contributed by atoms with Crippen LogP contribution >= 0.6 is 0 Å². The molecule has 1 amide bonds. The molecule has 3 aromatic rings. The SMILES string of the molecule is Cc1ccc(N(C(=O)c2ccco2)C2CCN(Cc3ccccc3C(F)(F)F)CC2)cc1. The molecule has 168 valence electrons. The number of likely N-dealkylation sites (tertiary alicyclic amines) is 1. The highest BCUT2D eigenvalue weighted by Gasteiger charge is 2.35. The van der Waals surface area contributed by atoms with Crippen molar-refractivity contribution in [3.8, 4) is 0 Å². The number of rotatable bonds is 5. The first-order chi connectivity index (χ1) is 15.3. The smallest absolute Gasteiger partial charge is 0.416 e. The van der Waals surface area contributed by atoms with Gasteiger partial charge in [-0.05, 0) is 55.7 Å². The van der Waals surface area contributed by atoms with Crippen LogP contribution in [0.5, 0.6) is 0 Å². The maximum absolute atomic E-state index is 13.3. The number of halogens is 3. The zero-order valence-corrected chi connectivity index (χ0v) is 17.8. The van der Waals surface area contributed by atoms with Gasteiger partial charge in [0.25, 0.3) is 5.91 Å². The molecule has 1 aliphatic rings. The molecule has 4 rings (SSSR count). The number of benzene rings is 2. The fourth-order valence-corrected chi connectivity index (χ4v) is 4.23. The largest absolute Gasteiger partial charge is 0.459 e. The van der Waals surface area contributed by atoms with Crippen molar-refractivity contribution in [1.82, 2.24) is 4.90 Å². The summed E-state index contributed by atoms with van der Waals surface area (Å²) in [6.45, 7) is 3.42. The molecule has 0 saturated carbocycles. The minimum Gasteiger partial charge on any atom is -0.459 e. The van der Waals surface area contributed by atoms with Crippen LogP contribution in [0.1, 0.15) is 40.1 Å². The summed E-state index contributed by atoms with van der Waals surface area (Å²) >= 11 is 0. The lowest BCUT2D eigenvalue weighted by Gasteiger charge is -2.38. The Morgan fingerprint density at radius 2 is 1.72 bits per heavy atom. The average molecular weight is 442 g/mol. The summed E-state index contributed by atoms with van der Waals surface area (Å²) in [5.41, 5.74) is 1.58. The maximum atomic E-state index is 13.3. The number of nitrogens with zero attached hydrogens (tertiary/aromatic N) is 2. The first kappa shape index (κ1) is 22.1. The summed E-state index contributed by atoms with van der Waals surface area (Å²) in [4.78, 5) is 17.0. The second kappa shape index (κ2) is 9.20. The molecule has 0 bridgehead atoms. The van der Waals surface area contributed by atoms with Crippen molar-refractivity contribution in [3.05, 3.63) is 89.4 Å². The standard InChI is InChI=1S/C25H25F3N2O2/c1-18-8-10-20(11-9-18)30(24(31)23-7-4-16-32-23)21-12-14-29(15-13-21)17-19-5-2-3-6-22(19)25(26,27)28/h2-11,16,21H,12-15,17H2,1H3. The van der Waals surface area contributed by atoms with Crippen LogP contribution in [0.4, 0.5) is 18.9 Å². The van der Waals surface area contributed by atoms with Gasteiger partial charge in [0.2, 0.25) is 0 Å². The molecule has 1 fully saturated rings. The first-order valence-corrected chi connectivity index (χ1v) is 10.6.